The van der Waals surface area contributed by atoms with E-state index in [2.05, 4.69) is 43.4 Å². The van der Waals surface area contributed by atoms with Crippen molar-refractivity contribution in [3.05, 3.63) is 60.2 Å². The van der Waals surface area contributed by atoms with E-state index in [9.17, 15) is 4.79 Å². The Morgan fingerprint density at radius 3 is 2.54 bits per heavy atom. The molecule has 1 N–H and O–H groups in total. The van der Waals surface area contributed by atoms with Crippen molar-refractivity contribution in [2.45, 2.75) is 44.6 Å². The molecule has 0 saturated carbocycles. The predicted octanol–water partition coefficient (Wildman–Crippen LogP) is 5.06. The molecular weight excluding hydrogens is 350 g/mol. The summed E-state index contributed by atoms with van der Waals surface area (Å²) in [6, 6.07) is 18.1. The smallest absolute Gasteiger partial charge is 0.152 e. The van der Waals surface area contributed by atoms with Gasteiger partial charge in [0.05, 0.1) is 19.3 Å². The summed E-state index contributed by atoms with van der Waals surface area (Å²) in [6.45, 7) is 5.39. The van der Waals surface area contributed by atoms with E-state index in [-0.39, 0.29) is 17.3 Å². The van der Waals surface area contributed by atoms with E-state index in [4.69, 9.17) is 9.47 Å². The van der Waals surface area contributed by atoms with Crippen molar-refractivity contribution in [3.8, 4) is 5.75 Å². The third-order valence-electron chi connectivity index (χ3n) is 5.56. The molecule has 3 rings (SSSR count). The number of carbonyl (C=O) groups is 1. The number of methoxy groups -OCH3 is 1. The van der Waals surface area contributed by atoms with Crippen molar-refractivity contribution >= 4 is 11.5 Å². The monoisotopic (exact) mass is 381 g/mol. The van der Waals surface area contributed by atoms with E-state index in [0.29, 0.717) is 18.9 Å². The Balaban J connectivity index is 1.65. The zero-order chi connectivity index (χ0) is 20.0. The van der Waals surface area contributed by atoms with Crippen molar-refractivity contribution < 1.29 is 14.3 Å². The minimum Gasteiger partial charge on any atom is -0.497 e. The summed E-state index contributed by atoms with van der Waals surface area (Å²) in [5.41, 5.74) is 2.06. The van der Waals surface area contributed by atoms with E-state index >= 15 is 0 Å². The van der Waals surface area contributed by atoms with Crippen molar-refractivity contribution in [1.29, 1.82) is 0 Å². The Labute approximate surface area is 168 Å². The zero-order valence-electron chi connectivity index (χ0n) is 17.1. The van der Waals surface area contributed by atoms with Crippen molar-refractivity contribution in [2.75, 3.05) is 25.6 Å². The van der Waals surface area contributed by atoms with Crippen molar-refractivity contribution in [3.63, 3.8) is 0 Å². The van der Waals surface area contributed by atoms with E-state index < -0.39 is 0 Å². The number of anilines is 1. The predicted molar refractivity (Wildman–Crippen MR) is 113 cm³/mol. The van der Waals surface area contributed by atoms with Crippen LogP contribution in [-0.2, 0) is 9.53 Å². The average molecular weight is 382 g/mol. The number of hydrogen-bond acceptors (Lipinski definition) is 4. The van der Waals surface area contributed by atoms with Crippen LogP contribution in [0.4, 0.5) is 5.69 Å². The van der Waals surface area contributed by atoms with Crippen LogP contribution in [0.3, 0.4) is 0 Å². The number of Topliss-reactive ketones (excluding diaryl/α,β-unsaturated/α-hetero) is 1. The van der Waals surface area contributed by atoms with Crippen LogP contribution in [0.1, 0.15) is 44.6 Å². The fourth-order valence-electron chi connectivity index (χ4n) is 4.11. The molecule has 2 aromatic rings. The van der Waals surface area contributed by atoms with Crippen molar-refractivity contribution in [2.24, 2.45) is 5.92 Å². The zero-order valence-corrected chi connectivity index (χ0v) is 17.1. The summed E-state index contributed by atoms with van der Waals surface area (Å²) in [7, 11) is 1.65. The topological polar surface area (TPSA) is 47.6 Å². The highest BCUT2D eigenvalue weighted by Gasteiger charge is 2.34. The maximum Gasteiger partial charge on any atom is 0.152 e. The number of hydrogen-bond donors (Lipinski definition) is 1. The average Bonchev–Trinajstić information content (AvgIpc) is 2.70. The molecule has 0 radical (unpaired) electrons. The van der Waals surface area contributed by atoms with E-state index in [1.165, 1.54) is 5.56 Å². The Morgan fingerprint density at radius 2 is 1.89 bits per heavy atom. The number of ether oxygens (including phenoxy) is 2. The molecule has 4 nitrogen and oxygen atoms in total. The van der Waals surface area contributed by atoms with Crippen LogP contribution in [0, 0.1) is 5.92 Å². The van der Waals surface area contributed by atoms with Gasteiger partial charge >= 0.3 is 0 Å². The van der Waals surface area contributed by atoms with Crippen molar-refractivity contribution in [1.82, 2.24) is 0 Å². The van der Waals surface area contributed by atoms with Gasteiger partial charge in [-0.25, -0.2) is 0 Å². The molecule has 0 amide bonds. The van der Waals surface area contributed by atoms with E-state index in [1.54, 1.807) is 7.11 Å². The molecule has 0 aromatic heterocycles. The molecule has 2 aromatic carbocycles. The fraction of sp³-hybridized carbons (Fsp3) is 0.458. The third-order valence-corrected chi connectivity index (χ3v) is 5.56. The molecule has 1 heterocycles. The van der Waals surface area contributed by atoms with Gasteiger partial charge in [0.1, 0.15) is 5.75 Å². The maximum atomic E-state index is 12.8. The second-order valence-corrected chi connectivity index (χ2v) is 8.20. The molecule has 0 aliphatic carbocycles. The highest BCUT2D eigenvalue weighted by Crippen LogP contribution is 2.40. The van der Waals surface area contributed by atoms with Crippen LogP contribution < -0.4 is 10.1 Å². The lowest BCUT2D eigenvalue weighted by Gasteiger charge is -2.39. The Hall–Kier alpha value is -2.33. The fourth-order valence-corrected chi connectivity index (χ4v) is 4.11. The molecule has 28 heavy (non-hydrogen) atoms. The molecule has 0 bridgehead atoms. The molecule has 150 valence electrons. The van der Waals surface area contributed by atoms with Gasteiger partial charge in [0.2, 0.25) is 0 Å². The Kier molecular flexibility index (Phi) is 6.74. The molecule has 1 aliphatic heterocycles. The van der Waals surface area contributed by atoms with Crippen LogP contribution in [0.25, 0.3) is 0 Å². The van der Waals surface area contributed by atoms with Gasteiger partial charge in [-0.1, -0.05) is 30.3 Å². The number of carbonyl (C=O) groups excluding carboxylic acids is 1. The molecule has 2 atom stereocenters. The summed E-state index contributed by atoms with van der Waals surface area (Å²) in [5, 5.41) is 3.24. The molecule has 1 fully saturated rings. The number of benzene rings is 2. The molecule has 0 spiro atoms. The molecule has 0 unspecified atom stereocenters. The quantitative estimate of drug-likeness (QED) is 0.695. The highest BCUT2D eigenvalue weighted by atomic mass is 16.5. The van der Waals surface area contributed by atoms with Crippen LogP contribution in [0.5, 0.6) is 5.75 Å². The Morgan fingerprint density at radius 1 is 1.18 bits per heavy atom. The van der Waals surface area contributed by atoms with E-state index in [0.717, 1.165) is 30.9 Å². The second kappa shape index (κ2) is 9.24. The number of ketones is 1. The van der Waals surface area contributed by atoms with E-state index in [1.807, 2.05) is 30.3 Å². The van der Waals surface area contributed by atoms with Gasteiger partial charge in [0.25, 0.3) is 0 Å². The molecule has 4 heteroatoms. The lowest BCUT2D eigenvalue weighted by atomic mass is 9.74. The highest BCUT2D eigenvalue weighted by molar-refractivity contribution is 5.83. The normalized spacial score (nSPS) is 19.6. The first-order chi connectivity index (χ1) is 13.5. The Bertz CT molecular complexity index is 755. The first-order valence-corrected chi connectivity index (χ1v) is 10.1. The van der Waals surface area contributed by atoms with Crippen LogP contribution in [0.2, 0.25) is 0 Å². The van der Waals surface area contributed by atoms with Gasteiger partial charge in [0, 0.05) is 18.7 Å². The van der Waals surface area contributed by atoms with Gasteiger partial charge in [-0.3, -0.25) is 4.79 Å². The summed E-state index contributed by atoms with van der Waals surface area (Å²) < 4.78 is 11.1. The minimum absolute atomic E-state index is 0.125. The van der Waals surface area contributed by atoms with Gasteiger partial charge < -0.3 is 14.8 Å². The largest absolute Gasteiger partial charge is 0.497 e. The van der Waals surface area contributed by atoms with Gasteiger partial charge in [-0.05, 0) is 68.4 Å². The number of rotatable bonds is 8. The van der Waals surface area contributed by atoms with Crippen LogP contribution >= 0.6 is 0 Å². The molecular formula is C24H31NO3. The summed E-state index contributed by atoms with van der Waals surface area (Å²) in [5.74, 6) is 1.72. The second-order valence-electron chi connectivity index (χ2n) is 8.20. The first-order valence-electron chi connectivity index (χ1n) is 10.1. The standard InChI is InChI=1S/C24H31NO3/c1-24(2)16-19(13-14-28-24)23(18-7-5-4-6-8-18)15-21(26)17-25-20-9-11-22(27-3)12-10-20/h4-12,19,23,25H,13-17H2,1-3H3/t19-,23+/m1/s1. The lowest BCUT2D eigenvalue weighted by molar-refractivity contribution is -0.119. The minimum atomic E-state index is -0.125. The molecule has 1 aliphatic rings. The summed E-state index contributed by atoms with van der Waals surface area (Å²) in [4.78, 5) is 12.8. The van der Waals surface area contributed by atoms with Crippen LogP contribution in [0.15, 0.2) is 54.6 Å². The summed E-state index contributed by atoms with van der Waals surface area (Å²) >= 11 is 0. The van der Waals surface area contributed by atoms with Gasteiger partial charge in [-0.15, -0.1) is 0 Å². The van der Waals surface area contributed by atoms with Gasteiger partial charge in [-0.2, -0.15) is 0 Å². The molecule has 1 saturated heterocycles. The summed E-state index contributed by atoms with van der Waals surface area (Å²) in [6.07, 6.45) is 2.53. The third kappa shape index (κ3) is 5.59. The number of nitrogens with one attached hydrogen (secondary N) is 1. The van der Waals surface area contributed by atoms with Gasteiger partial charge in [0.15, 0.2) is 5.78 Å². The van der Waals surface area contributed by atoms with Crippen LogP contribution in [-0.4, -0.2) is 31.6 Å². The SMILES string of the molecule is COc1ccc(NCC(=O)C[C@@H](c2ccccc2)[C@@H]2CCOC(C)(C)C2)cc1. The maximum absolute atomic E-state index is 12.8. The lowest BCUT2D eigenvalue weighted by Crippen LogP contribution is -2.37. The first kappa shape index (κ1) is 20.4.